The van der Waals surface area contributed by atoms with E-state index in [1.54, 1.807) is 0 Å². The number of nitrogens with one attached hydrogen (secondary N) is 1. The second-order valence-electron chi connectivity index (χ2n) is 6.62. The van der Waals surface area contributed by atoms with E-state index in [1.165, 1.54) is 23.3 Å². The molecule has 2 atom stereocenters. The quantitative estimate of drug-likeness (QED) is 0.820. The number of aliphatic hydroxyl groups is 1. The van der Waals surface area contributed by atoms with Crippen molar-refractivity contribution in [2.45, 2.75) is 38.3 Å². The van der Waals surface area contributed by atoms with Crippen molar-refractivity contribution in [2.75, 3.05) is 19.7 Å². The van der Waals surface area contributed by atoms with Crippen LogP contribution >= 0.6 is 0 Å². The average Bonchev–Trinajstić information content (AvgIpc) is 3.15. The van der Waals surface area contributed by atoms with Crippen molar-refractivity contribution in [2.24, 2.45) is 0 Å². The largest absolute Gasteiger partial charge is 0.494 e. The molecule has 3 nitrogen and oxygen atoms in total. The molecular formula is C21H28NO2+. The first-order chi connectivity index (χ1) is 11.8. The summed E-state index contributed by atoms with van der Waals surface area (Å²) in [5.41, 5.74) is 2.18. The number of aliphatic hydroxyl groups excluding tert-OH is 1. The minimum atomic E-state index is -0.499. The van der Waals surface area contributed by atoms with Crippen molar-refractivity contribution in [1.82, 2.24) is 0 Å². The fraction of sp³-hybridized carbons (Fsp3) is 0.429. The van der Waals surface area contributed by atoms with Gasteiger partial charge in [0, 0.05) is 18.4 Å². The van der Waals surface area contributed by atoms with Gasteiger partial charge in [-0.25, -0.2) is 0 Å². The summed E-state index contributed by atoms with van der Waals surface area (Å²) in [6.45, 7) is 5.09. The van der Waals surface area contributed by atoms with Gasteiger partial charge in [0.05, 0.1) is 19.7 Å². The zero-order valence-electron chi connectivity index (χ0n) is 14.4. The number of benzene rings is 2. The molecule has 1 saturated heterocycles. The highest BCUT2D eigenvalue weighted by atomic mass is 16.5. The predicted octanol–water partition coefficient (Wildman–Crippen LogP) is 2.93. The van der Waals surface area contributed by atoms with Crippen LogP contribution in [0.3, 0.4) is 0 Å². The fourth-order valence-electron chi connectivity index (χ4n) is 3.62. The maximum absolute atomic E-state index is 11.1. The van der Waals surface area contributed by atoms with Crippen molar-refractivity contribution < 1.29 is 14.7 Å². The Bertz CT molecular complexity index is 605. The third kappa shape index (κ3) is 3.97. The lowest BCUT2D eigenvalue weighted by molar-refractivity contribution is -0.924. The Balaban J connectivity index is 1.81. The van der Waals surface area contributed by atoms with E-state index in [1.807, 2.05) is 30.3 Å². The highest BCUT2D eigenvalue weighted by molar-refractivity contribution is 5.30. The molecule has 0 unspecified atom stereocenters. The van der Waals surface area contributed by atoms with Crippen molar-refractivity contribution in [3.05, 3.63) is 65.7 Å². The summed E-state index contributed by atoms with van der Waals surface area (Å²) in [5.74, 6) is 0.873. The Labute approximate surface area is 144 Å². The van der Waals surface area contributed by atoms with Crippen LogP contribution in [0.1, 0.15) is 49.5 Å². The van der Waals surface area contributed by atoms with E-state index < -0.39 is 6.10 Å². The van der Waals surface area contributed by atoms with E-state index in [2.05, 4.69) is 31.2 Å². The maximum atomic E-state index is 11.1. The van der Waals surface area contributed by atoms with Gasteiger partial charge >= 0.3 is 0 Å². The molecule has 24 heavy (non-hydrogen) atoms. The molecule has 1 fully saturated rings. The maximum Gasteiger partial charge on any atom is 0.144 e. The topological polar surface area (TPSA) is 33.9 Å². The van der Waals surface area contributed by atoms with Gasteiger partial charge in [0.1, 0.15) is 17.9 Å². The van der Waals surface area contributed by atoms with Gasteiger partial charge in [-0.3, -0.25) is 0 Å². The number of rotatable bonds is 7. The van der Waals surface area contributed by atoms with Gasteiger partial charge in [-0.05, 0) is 24.1 Å². The van der Waals surface area contributed by atoms with E-state index >= 15 is 0 Å². The van der Waals surface area contributed by atoms with Gasteiger partial charge in [-0.2, -0.15) is 0 Å². The van der Waals surface area contributed by atoms with Crippen molar-refractivity contribution in [3.8, 4) is 5.75 Å². The van der Waals surface area contributed by atoms with E-state index in [4.69, 9.17) is 4.74 Å². The van der Waals surface area contributed by atoms with Gasteiger partial charge in [-0.15, -0.1) is 0 Å². The van der Waals surface area contributed by atoms with E-state index in [9.17, 15) is 5.11 Å². The van der Waals surface area contributed by atoms with Crippen molar-refractivity contribution >= 4 is 0 Å². The molecule has 0 aromatic heterocycles. The smallest absolute Gasteiger partial charge is 0.144 e. The Morgan fingerprint density at radius 3 is 2.25 bits per heavy atom. The van der Waals surface area contributed by atoms with Crippen LogP contribution in [0, 0.1) is 0 Å². The molecule has 0 aliphatic carbocycles. The molecule has 0 spiro atoms. The first-order valence-electron chi connectivity index (χ1n) is 9.10. The molecule has 0 bridgehead atoms. The monoisotopic (exact) mass is 326 g/mol. The standard InChI is InChI=1S/C21H27NO2/c1-2-16-24-19-12-10-18(11-13-19)21(23)20(22-14-6-7-15-22)17-8-4-3-5-9-17/h3-5,8-13,20-21,23H,2,6-7,14-16H2,1H3/p+1/t20-,21+/m0/s1. The summed E-state index contributed by atoms with van der Waals surface area (Å²) in [7, 11) is 0. The van der Waals surface area contributed by atoms with Crippen molar-refractivity contribution in [3.63, 3.8) is 0 Å². The van der Waals surface area contributed by atoms with Gasteiger partial charge in [-0.1, -0.05) is 49.4 Å². The van der Waals surface area contributed by atoms with Gasteiger partial charge in [0.15, 0.2) is 0 Å². The highest BCUT2D eigenvalue weighted by Crippen LogP contribution is 2.28. The van der Waals surface area contributed by atoms with Crippen LogP contribution in [0.2, 0.25) is 0 Å². The Kier molecular flexibility index (Phi) is 5.89. The van der Waals surface area contributed by atoms with Gasteiger partial charge < -0.3 is 14.7 Å². The van der Waals surface area contributed by atoms with Gasteiger partial charge in [0.25, 0.3) is 0 Å². The summed E-state index contributed by atoms with van der Waals surface area (Å²) >= 11 is 0. The molecule has 2 aromatic rings. The lowest BCUT2D eigenvalue weighted by atomic mass is 9.94. The summed E-state index contributed by atoms with van der Waals surface area (Å²) in [6, 6.07) is 18.5. The van der Waals surface area contributed by atoms with Crippen LogP contribution in [-0.2, 0) is 0 Å². The minimum Gasteiger partial charge on any atom is -0.494 e. The Morgan fingerprint density at radius 1 is 0.958 bits per heavy atom. The van der Waals surface area contributed by atoms with Crippen molar-refractivity contribution in [1.29, 1.82) is 0 Å². The number of quaternary nitrogens is 1. The third-order valence-electron chi connectivity index (χ3n) is 4.85. The number of hydrogen-bond acceptors (Lipinski definition) is 2. The summed E-state index contributed by atoms with van der Waals surface area (Å²) in [5, 5.41) is 11.1. The number of ether oxygens (including phenoxy) is 1. The number of likely N-dealkylation sites (tertiary alicyclic amines) is 1. The van der Waals surface area contributed by atoms with Crippen LogP contribution in [0.15, 0.2) is 54.6 Å². The molecular weight excluding hydrogens is 298 g/mol. The molecule has 0 amide bonds. The van der Waals surface area contributed by atoms with E-state index in [0.29, 0.717) is 0 Å². The molecule has 0 radical (unpaired) electrons. The fourth-order valence-corrected chi connectivity index (χ4v) is 3.62. The van der Waals surface area contributed by atoms with Crippen LogP contribution in [-0.4, -0.2) is 24.8 Å². The van der Waals surface area contributed by atoms with Crippen LogP contribution in [0.25, 0.3) is 0 Å². The van der Waals surface area contributed by atoms with Crippen LogP contribution in [0.4, 0.5) is 0 Å². The first-order valence-corrected chi connectivity index (χ1v) is 9.10. The molecule has 1 aliphatic rings. The van der Waals surface area contributed by atoms with Gasteiger partial charge in [0.2, 0.25) is 0 Å². The van der Waals surface area contributed by atoms with Crippen LogP contribution in [0.5, 0.6) is 5.75 Å². The second-order valence-corrected chi connectivity index (χ2v) is 6.62. The Morgan fingerprint density at radius 2 is 1.62 bits per heavy atom. The summed E-state index contributed by atoms with van der Waals surface area (Å²) < 4.78 is 5.65. The molecule has 128 valence electrons. The van der Waals surface area contributed by atoms with E-state index in [0.717, 1.165) is 37.4 Å². The average molecular weight is 326 g/mol. The molecule has 2 N–H and O–H groups in total. The van der Waals surface area contributed by atoms with E-state index in [-0.39, 0.29) is 6.04 Å². The third-order valence-corrected chi connectivity index (χ3v) is 4.85. The zero-order chi connectivity index (χ0) is 16.8. The highest BCUT2D eigenvalue weighted by Gasteiger charge is 2.34. The Hall–Kier alpha value is -1.84. The van der Waals surface area contributed by atoms with Crippen LogP contribution < -0.4 is 9.64 Å². The SMILES string of the molecule is CCCOc1ccc([C@@H](O)[C@H](c2ccccc2)[NH+]2CCCC2)cc1. The lowest BCUT2D eigenvalue weighted by Crippen LogP contribution is -3.10. The number of hydrogen-bond donors (Lipinski definition) is 2. The molecule has 1 aliphatic heterocycles. The zero-order valence-corrected chi connectivity index (χ0v) is 14.4. The predicted molar refractivity (Wildman–Crippen MR) is 96.3 cm³/mol. The molecule has 2 aromatic carbocycles. The summed E-state index contributed by atoms with van der Waals surface area (Å²) in [4.78, 5) is 1.49. The normalized spacial score (nSPS) is 17.6. The molecule has 1 heterocycles. The second kappa shape index (κ2) is 8.32. The minimum absolute atomic E-state index is 0.0936. The molecule has 0 saturated carbocycles. The molecule has 3 rings (SSSR count). The lowest BCUT2D eigenvalue weighted by Gasteiger charge is -2.29. The first kappa shape index (κ1) is 17.0. The summed E-state index contributed by atoms with van der Waals surface area (Å²) in [6.07, 6.45) is 2.99. The molecule has 3 heteroatoms.